The van der Waals surface area contributed by atoms with E-state index < -0.39 is 5.82 Å². The smallest absolute Gasteiger partial charge is 0.141 e. The second kappa shape index (κ2) is 7.71. The van der Waals surface area contributed by atoms with Gasteiger partial charge in [0.25, 0.3) is 0 Å². The standard InChI is InChI=1S/C15H21FN2/c1-3-4-5-6-7-12(2)18-14-8-9-15(16)13(10-14)11-17/h8-10,12,18H,3-7H2,1-2H3. The lowest BCUT2D eigenvalue weighted by Crippen LogP contribution is -2.15. The van der Waals surface area contributed by atoms with E-state index in [1.807, 2.05) is 6.07 Å². The molecule has 0 radical (unpaired) electrons. The molecule has 2 nitrogen and oxygen atoms in total. The van der Waals surface area contributed by atoms with E-state index in [1.54, 1.807) is 12.1 Å². The van der Waals surface area contributed by atoms with Crippen molar-refractivity contribution in [3.63, 3.8) is 0 Å². The zero-order chi connectivity index (χ0) is 13.4. The molecule has 18 heavy (non-hydrogen) atoms. The quantitative estimate of drug-likeness (QED) is 0.723. The predicted molar refractivity (Wildman–Crippen MR) is 73.0 cm³/mol. The Kier molecular flexibility index (Phi) is 6.21. The van der Waals surface area contributed by atoms with Gasteiger partial charge < -0.3 is 5.32 Å². The van der Waals surface area contributed by atoms with Gasteiger partial charge in [0.05, 0.1) is 5.56 Å². The van der Waals surface area contributed by atoms with Crippen molar-refractivity contribution in [1.29, 1.82) is 5.26 Å². The van der Waals surface area contributed by atoms with Gasteiger partial charge in [-0.05, 0) is 31.5 Å². The van der Waals surface area contributed by atoms with Crippen LogP contribution in [0.5, 0.6) is 0 Å². The molecule has 3 heteroatoms. The Balaban J connectivity index is 2.44. The number of nitrogens with zero attached hydrogens (tertiary/aromatic N) is 1. The third-order valence-electron chi connectivity index (χ3n) is 2.99. The predicted octanol–water partition coefficient (Wildman–Crippen LogP) is 4.47. The molecule has 1 aromatic rings. The van der Waals surface area contributed by atoms with Crippen LogP contribution in [-0.2, 0) is 0 Å². The van der Waals surface area contributed by atoms with Gasteiger partial charge in [-0.1, -0.05) is 32.6 Å². The summed E-state index contributed by atoms with van der Waals surface area (Å²) in [6.07, 6.45) is 6.08. The summed E-state index contributed by atoms with van der Waals surface area (Å²) in [5.74, 6) is -0.460. The Hall–Kier alpha value is -1.56. The minimum atomic E-state index is -0.460. The first-order valence-corrected chi connectivity index (χ1v) is 6.63. The van der Waals surface area contributed by atoms with Crippen molar-refractivity contribution in [3.05, 3.63) is 29.6 Å². The average molecular weight is 248 g/mol. The summed E-state index contributed by atoms with van der Waals surface area (Å²) in [5, 5.41) is 12.1. The van der Waals surface area contributed by atoms with Crippen molar-refractivity contribution in [2.24, 2.45) is 0 Å². The third-order valence-corrected chi connectivity index (χ3v) is 2.99. The van der Waals surface area contributed by atoms with Crippen molar-refractivity contribution >= 4 is 5.69 Å². The Morgan fingerprint density at radius 3 is 2.78 bits per heavy atom. The molecule has 98 valence electrons. The van der Waals surface area contributed by atoms with E-state index in [0.717, 1.165) is 12.1 Å². The van der Waals surface area contributed by atoms with Crippen molar-refractivity contribution in [2.75, 3.05) is 5.32 Å². The van der Waals surface area contributed by atoms with E-state index in [2.05, 4.69) is 19.2 Å². The lowest BCUT2D eigenvalue weighted by Gasteiger charge is -2.15. The zero-order valence-electron chi connectivity index (χ0n) is 11.2. The van der Waals surface area contributed by atoms with Gasteiger partial charge in [0.2, 0.25) is 0 Å². The van der Waals surface area contributed by atoms with Crippen LogP contribution in [0.25, 0.3) is 0 Å². The SMILES string of the molecule is CCCCCCC(C)Nc1ccc(F)c(C#N)c1. The molecular formula is C15H21FN2. The molecule has 0 saturated heterocycles. The molecule has 0 aliphatic heterocycles. The molecule has 0 amide bonds. The Labute approximate surface area is 109 Å². The van der Waals surface area contributed by atoms with Crippen LogP contribution in [0.2, 0.25) is 0 Å². The Bertz CT molecular complexity index is 409. The van der Waals surface area contributed by atoms with Crippen LogP contribution in [0, 0.1) is 17.1 Å². The summed E-state index contributed by atoms with van der Waals surface area (Å²) in [5.41, 5.74) is 0.911. The van der Waals surface area contributed by atoms with E-state index >= 15 is 0 Å². The summed E-state index contributed by atoms with van der Waals surface area (Å²) >= 11 is 0. The van der Waals surface area contributed by atoms with E-state index in [1.165, 1.54) is 31.7 Å². The number of nitrogens with one attached hydrogen (secondary N) is 1. The van der Waals surface area contributed by atoms with Crippen LogP contribution in [-0.4, -0.2) is 6.04 Å². The van der Waals surface area contributed by atoms with E-state index in [-0.39, 0.29) is 5.56 Å². The van der Waals surface area contributed by atoms with Crippen molar-refractivity contribution < 1.29 is 4.39 Å². The van der Waals surface area contributed by atoms with Crippen molar-refractivity contribution in [1.82, 2.24) is 0 Å². The number of halogens is 1. The normalized spacial score (nSPS) is 11.9. The molecule has 0 aromatic heterocycles. The summed E-state index contributed by atoms with van der Waals surface area (Å²) in [6.45, 7) is 4.31. The molecule has 0 aliphatic carbocycles. The first-order chi connectivity index (χ1) is 8.67. The molecule has 0 bridgehead atoms. The number of anilines is 1. The van der Waals surface area contributed by atoms with Crippen LogP contribution in [0.3, 0.4) is 0 Å². The van der Waals surface area contributed by atoms with Gasteiger partial charge >= 0.3 is 0 Å². The molecule has 0 heterocycles. The zero-order valence-corrected chi connectivity index (χ0v) is 11.2. The van der Waals surface area contributed by atoms with Gasteiger partial charge in [-0.25, -0.2) is 4.39 Å². The summed E-state index contributed by atoms with van der Waals surface area (Å²) in [7, 11) is 0. The molecule has 1 N–H and O–H groups in total. The summed E-state index contributed by atoms with van der Waals surface area (Å²) in [6, 6.07) is 6.78. The highest BCUT2D eigenvalue weighted by Gasteiger charge is 2.05. The Morgan fingerprint density at radius 1 is 1.33 bits per heavy atom. The van der Waals surface area contributed by atoms with Gasteiger partial charge in [0.1, 0.15) is 11.9 Å². The first-order valence-electron chi connectivity index (χ1n) is 6.63. The number of hydrogen-bond donors (Lipinski definition) is 1. The van der Waals surface area contributed by atoms with E-state index in [0.29, 0.717) is 6.04 Å². The highest BCUT2D eigenvalue weighted by atomic mass is 19.1. The number of unbranched alkanes of at least 4 members (excludes halogenated alkanes) is 3. The van der Waals surface area contributed by atoms with Crippen LogP contribution >= 0.6 is 0 Å². The van der Waals surface area contributed by atoms with Crippen LogP contribution < -0.4 is 5.32 Å². The van der Waals surface area contributed by atoms with Gasteiger partial charge in [-0.3, -0.25) is 0 Å². The van der Waals surface area contributed by atoms with Gasteiger partial charge in [0.15, 0.2) is 0 Å². The van der Waals surface area contributed by atoms with Crippen LogP contribution in [0.4, 0.5) is 10.1 Å². The molecule has 1 atom stereocenters. The number of rotatable bonds is 7. The van der Waals surface area contributed by atoms with Crippen LogP contribution in [0.1, 0.15) is 51.5 Å². The van der Waals surface area contributed by atoms with E-state index in [4.69, 9.17) is 5.26 Å². The lowest BCUT2D eigenvalue weighted by molar-refractivity contribution is 0.593. The monoisotopic (exact) mass is 248 g/mol. The molecule has 1 rings (SSSR count). The van der Waals surface area contributed by atoms with Crippen molar-refractivity contribution in [2.45, 2.75) is 52.0 Å². The minimum absolute atomic E-state index is 0.0955. The van der Waals surface area contributed by atoms with Crippen LogP contribution in [0.15, 0.2) is 18.2 Å². The minimum Gasteiger partial charge on any atom is -0.383 e. The highest BCUT2D eigenvalue weighted by Crippen LogP contribution is 2.16. The summed E-state index contributed by atoms with van der Waals surface area (Å²) < 4.78 is 13.1. The second-order valence-corrected chi connectivity index (χ2v) is 4.70. The first kappa shape index (κ1) is 14.5. The molecule has 0 spiro atoms. The maximum atomic E-state index is 13.1. The largest absolute Gasteiger partial charge is 0.383 e. The van der Waals surface area contributed by atoms with Gasteiger partial charge in [0, 0.05) is 11.7 Å². The number of hydrogen-bond acceptors (Lipinski definition) is 2. The maximum absolute atomic E-state index is 13.1. The lowest BCUT2D eigenvalue weighted by atomic mass is 10.1. The molecular weight excluding hydrogens is 227 g/mol. The molecule has 1 aromatic carbocycles. The fourth-order valence-electron chi connectivity index (χ4n) is 1.93. The fraction of sp³-hybridized carbons (Fsp3) is 0.533. The molecule has 0 fully saturated rings. The molecule has 1 unspecified atom stereocenters. The van der Waals surface area contributed by atoms with Gasteiger partial charge in [-0.15, -0.1) is 0 Å². The van der Waals surface area contributed by atoms with Gasteiger partial charge in [-0.2, -0.15) is 5.26 Å². The number of nitriles is 1. The highest BCUT2D eigenvalue weighted by molar-refractivity contribution is 5.50. The average Bonchev–Trinajstić information content (AvgIpc) is 2.37. The summed E-state index contributed by atoms with van der Waals surface area (Å²) in [4.78, 5) is 0. The van der Waals surface area contributed by atoms with Crippen molar-refractivity contribution in [3.8, 4) is 6.07 Å². The topological polar surface area (TPSA) is 35.8 Å². The molecule has 0 saturated carbocycles. The number of benzene rings is 1. The third kappa shape index (κ3) is 4.75. The second-order valence-electron chi connectivity index (χ2n) is 4.70. The van der Waals surface area contributed by atoms with E-state index in [9.17, 15) is 4.39 Å². The Morgan fingerprint density at radius 2 is 2.11 bits per heavy atom. The molecule has 0 aliphatic rings. The fourth-order valence-corrected chi connectivity index (χ4v) is 1.93. The maximum Gasteiger partial charge on any atom is 0.141 e.